The lowest BCUT2D eigenvalue weighted by atomic mass is 10.1. The van der Waals surface area contributed by atoms with Gasteiger partial charge >= 0.3 is 0 Å². The fourth-order valence-corrected chi connectivity index (χ4v) is 3.89. The van der Waals surface area contributed by atoms with Crippen molar-refractivity contribution in [1.82, 2.24) is 0 Å². The van der Waals surface area contributed by atoms with Crippen LogP contribution in [0.25, 0.3) is 0 Å². The molecule has 5 heteroatoms. The van der Waals surface area contributed by atoms with Crippen molar-refractivity contribution in [2.24, 2.45) is 0 Å². The molecule has 0 aliphatic carbocycles. The minimum atomic E-state index is -0.00518. The van der Waals surface area contributed by atoms with E-state index in [1.165, 1.54) is 10.5 Å². The molecular formula is C23H31N2O3+. The van der Waals surface area contributed by atoms with Crippen molar-refractivity contribution in [2.75, 3.05) is 31.7 Å². The summed E-state index contributed by atoms with van der Waals surface area (Å²) in [6.07, 6.45) is 0.890. The average Bonchev–Trinajstić information content (AvgIpc) is 3.06. The fraction of sp³-hybridized carbons (Fsp3) is 0.435. The van der Waals surface area contributed by atoms with Crippen LogP contribution in [0.2, 0.25) is 0 Å². The molecule has 0 saturated heterocycles. The third-order valence-electron chi connectivity index (χ3n) is 5.54. The minimum absolute atomic E-state index is 0.00518. The zero-order valence-electron chi connectivity index (χ0n) is 17.3. The van der Waals surface area contributed by atoms with E-state index in [1.54, 1.807) is 7.11 Å². The molecule has 150 valence electrons. The van der Waals surface area contributed by atoms with Crippen molar-refractivity contribution in [3.8, 4) is 11.5 Å². The molecule has 1 aliphatic rings. The van der Waals surface area contributed by atoms with E-state index >= 15 is 0 Å². The van der Waals surface area contributed by atoms with Crippen molar-refractivity contribution in [3.05, 3.63) is 53.6 Å². The lowest BCUT2D eigenvalue weighted by molar-refractivity contribution is -0.910. The molecule has 0 fully saturated rings. The van der Waals surface area contributed by atoms with Gasteiger partial charge in [0.25, 0.3) is 5.91 Å². The standard InChI is InChI=1S/C23H30N2O3/c1-5-24(6-2)15-19-14-20(27-4)11-12-22(19)28-16-23(26)25-17(3)13-18-9-7-8-10-21(18)25/h7-12,14,17H,5-6,13,15-16H2,1-4H3/p+1/t17-/m0/s1. The van der Waals surface area contributed by atoms with E-state index in [-0.39, 0.29) is 18.6 Å². The maximum atomic E-state index is 12.9. The van der Waals surface area contributed by atoms with Gasteiger partial charge in [0, 0.05) is 11.7 Å². The molecule has 2 aromatic carbocycles. The van der Waals surface area contributed by atoms with Gasteiger partial charge in [0.2, 0.25) is 0 Å². The highest BCUT2D eigenvalue weighted by Crippen LogP contribution is 2.32. The van der Waals surface area contributed by atoms with Crippen molar-refractivity contribution in [3.63, 3.8) is 0 Å². The Bertz CT molecular complexity index is 817. The molecule has 0 radical (unpaired) electrons. The number of rotatable bonds is 8. The lowest BCUT2D eigenvalue weighted by Gasteiger charge is -2.23. The van der Waals surface area contributed by atoms with Crippen molar-refractivity contribution in [1.29, 1.82) is 0 Å². The molecular weight excluding hydrogens is 352 g/mol. The highest BCUT2D eigenvalue weighted by molar-refractivity contribution is 5.97. The highest BCUT2D eigenvalue weighted by atomic mass is 16.5. The van der Waals surface area contributed by atoms with Gasteiger partial charge in [0.15, 0.2) is 6.61 Å². The van der Waals surface area contributed by atoms with Gasteiger partial charge in [-0.2, -0.15) is 0 Å². The number of para-hydroxylation sites is 1. The first-order valence-electron chi connectivity index (χ1n) is 10.1. The first-order valence-corrected chi connectivity index (χ1v) is 10.1. The van der Waals surface area contributed by atoms with Crippen LogP contribution in [0.4, 0.5) is 5.69 Å². The summed E-state index contributed by atoms with van der Waals surface area (Å²) in [7, 11) is 1.67. The van der Waals surface area contributed by atoms with E-state index in [0.717, 1.165) is 48.8 Å². The second kappa shape index (κ2) is 9.11. The number of ether oxygens (including phenoxy) is 2. The molecule has 0 spiro atoms. The normalized spacial score (nSPS) is 15.6. The molecule has 0 unspecified atom stereocenters. The maximum absolute atomic E-state index is 12.9. The summed E-state index contributed by atoms with van der Waals surface area (Å²) < 4.78 is 11.4. The van der Waals surface area contributed by atoms with Gasteiger partial charge in [-0.3, -0.25) is 4.79 Å². The summed E-state index contributed by atoms with van der Waals surface area (Å²) in [5.74, 6) is 1.56. The van der Waals surface area contributed by atoms with E-state index in [4.69, 9.17) is 9.47 Å². The number of anilines is 1. The number of fused-ring (bicyclic) bond motifs is 1. The van der Waals surface area contributed by atoms with Crippen LogP contribution in [0.3, 0.4) is 0 Å². The van der Waals surface area contributed by atoms with Crippen LogP contribution in [0.15, 0.2) is 42.5 Å². The monoisotopic (exact) mass is 383 g/mol. The molecule has 1 heterocycles. The third kappa shape index (κ3) is 4.30. The van der Waals surface area contributed by atoms with Gasteiger partial charge in [-0.25, -0.2) is 0 Å². The highest BCUT2D eigenvalue weighted by Gasteiger charge is 2.30. The van der Waals surface area contributed by atoms with Crippen molar-refractivity contribution in [2.45, 2.75) is 39.8 Å². The zero-order chi connectivity index (χ0) is 20.1. The van der Waals surface area contributed by atoms with Gasteiger partial charge in [0.05, 0.1) is 25.8 Å². The smallest absolute Gasteiger partial charge is 0.265 e. The summed E-state index contributed by atoms with van der Waals surface area (Å²) >= 11 is 0. The number of hydrogen-bond acceptors (Lipinski definition) is 3. The van der Waals surface area contributed by atoms with E-state index in [1.807, 2.05) is 41.3 Å². The second-order valence-corrected chi connectivity index (χ2v) is 7.34. The van der Waals surface area contributed by atoms with Gasteiger partial charge in [-0.15, -0.1) is 0 Å². The number of quaternary nitrogens is 1. The third-order valence-corrected chi connectivity index (χ3v) is 5.54. The first kappa shape index (κ1) is 20.2. The Kier molecular flexibility index (Phi) is 6.57. The molecule has 3 rings (SSSR count). The maximum Gasteiger partial charge on any atom is 0.265 e. The van der Waals surface area contributed by atoms with Gasteiger partial charge in [0.1, 0.15) is 18.0 Å². The molecule has 0 saturated carbocycles. The molecule has 2 aromatic rings. The van der Waals surface area contributed by atoms with Crippen LogP contribution in [0.5, 0.6) is 11.5 Å². The van der Waals surface area contributed by atoms with Gasteiger partial charge in [-0.05, 0) is 57.0 Å². The predicted molar refractivity (Wildman–Crippen MR) is 111 cm³/mol. The Labute approximate surface area is 167 Å². The molecule has 1 aliphatic heterocycles. The summed E-state index contributed by atoms with van der Waals surface area (Å²) in [5.41, 5.74) is 3.30. The molecule has 1 amide bonds. The van der Waals surface area contributed by atoms with E-state index in [9.17, 15) is 4.79 Å². The number of benzene rings is 2. The van der Waals surface area contributed by atoms with Crippen LogP contribution in [0, 0.1) is 0 Å². The predicted octanol–water partition coefficient (Wildman–Crippen LogP) is 2.48. The molecule has 5 nitrogen and oxygen atoms in total. The number of carbonyl (C=O) groups excluding carboxylic acids is 1. The van der Waals surface area contributed by atoms with Gasteiger partial charge < -0.3 is 19.3 Å². The van der Waals surface area contributed by atoms with Gasteiger partial charge in [-0.1, -0.05) is 18.2 Å². The molecule has 0 bridgehead atoms. The Balaban J connectivity index is 1.74. The summed E-state index contributed by atoms with van der Waals surface area (Å²) in [5, 5.41) is 0. The van der Waals surface area contributed by atoms with Crippen LogP contribution < -0.4 is 19.3 Å². The van der Waals surface area contributed by atoms with E-state index in [2.05, 4.69) is 26.8 Å². The van der Waals surface area contributed by atoms with Crippen LogP contribution in [0.1, 0.15) is 31.9 Å². The van der Waals surface area contributed by atoms with Crippen molar-refractivity contribution < 1.29 is 19.2 Å². The number of hydrogen-bond donors (Lipinski definition) is 1. The summed E-state index contributed by atoms with van der Waals surface area (Å²) in [6, 6.07) is 14.1. The quantitative estimate of drug-likeness (QED) is 0.762. The second-order valence-electron chi connectivity index (χ2n) is 7.34. The summed E-state index contributed by atoms with van der Waals surface area (Å²) in [4.78, 5) is 16.3. The summed E-state index contributed by atoms with van der Waals surface area (Å²) in [6.45, 7) is 9.38. The Morgan fingerprint density at radius 1 is 1.18 bits per heavy atom. The Morgan fingerprint density at radius 3 is 2.64 bits per heavy atom. The molecule has 0 aromatic heterocycles. The zero-order valence-corrected chi connectivity index (χ0v) is 17.3. The fourth-order valence-electron chi connectivity index (χ4n) is 3.89. The molecule has 1 N–H and O–H groups in total. The van der Waals surface area contributed by atoms with Crippen molar-refractivity contribution >= 4 is 11.6 Å². The average molecular weight is 384 g/mol. The number of nitrogens with zero attached hydrogens (tertiary/aromatic N) is 1. The Morgan fingerprint density at radius 2 is 1.93 bits per heavy atom. The topological polar surface area (TPSA) is 43.2 Å². The lowest BCUT2D eigenvalue weighted by Crippen LogP contribution is -3.10. The van der Waals surface area contributed by atoms with Crippen LogP contribution in [-0.2, 0) is 17.8 Å². The molecule has 28 heavy (non-hydrogen) atoms. The Hall–Kier alpha value is -2.53. The SMILES string of the molecule is CC[NH+](CC)Cc1cc(OC)ccc1OCC(=O)N1c2ccccc2C[C@@H]1C. The molecule has 1 atom stereocenters. The number of methoxy groups -OCH3 is 1. The first-order chi connectivity index (χ1) is 13.6. The van der Waals surface area contributed by atoms with Crippen LogP contribution in [-0.4, -0.2) is 38.8 Å². The number of nitrogens with one attached hydrogen (secondary N) is 1. The number of carbonyl (C=O) groups is 1. The van der Waals surface area contributed by atoms with Crippen LogP contribution >= 0.6 is 0 Å². The van der Waals surface area contributed by atoms with E-state index < -0.39 is 0 Å². The number of amides is 1. The van der Waals surface area contributed by atoms with E-state index in [0.29, 0.717) is 0 Å². The minimum Gasteiger partial charge on any atom is -0.497 e. The largest absolute Gasteiger partial charge is 0.497 e.